The van der Waals surface area contributed by atoms with Crippen molar-refractivity contribution >= 4 is 34.7 Å². The van der Waals surface area contributed by atoms with Crippen molar-refractivity contribution in [2.75, 3.05) is 24.6 Å². The molecular weight excluding hydrogens is 211 g/mol. The number of nitrogens with two attached hydrogens (primary N) is 2. The highest BCUT2D eigenvalue weighted by molar-refractivity contribution is 7.91. The van der Waals surface area contributed by atoms with Crippen LogP contribution in [0.1, 0.15) is 0 Å². The van der Waals surface area contributed by atoms with E-state index in [0.717, 1.165) is 0 Å². The smallest absolute Gasteiger partial charge is 0.152 e. The Kier molecular flexibility index (Phi) is 13.6. The standard InChI is InChI=1S/C4H12N2O2S.2ClH/c5-1-3-9(7,8)4-2-6;;/h1-6H2;2*1H. The Morgan fingerprint density at radius 1 is 0.909 bits per heavy atom. The van der Waals surface area contributed by atoms with Crippen LogP contribution in [0.5, 0.6) is 0 Å². The summed E-state index contributed by atoms with van der Waals surface area (Å²) in [6.07, 6.45) is 0. The molecule has 0 atom stereocenters. The Labute approximate surface area is 79.4 Å². The lowest BCUT2D eigenvalue weighted by molar-refractivity contribution is 0.595. The normalized spacial score (nSPS) is 9.64. The van der Waals surface area contributed by atoms with E-state index in [-0.39, 0.29) is 49.4 Å². The molecule has 0 rings (SSSR count). The average molecular weight is 225 g/mol. The van der Waals surface area contributed by atoms with E-state index >= 15 is 0 Å². The third kappa shape index (κ3) is 10.4. The number of hydrogen-bond donors (Lipinski definition) is 2. The molecule has 72 valence electrons. The molecule has 0 radical (unpaired) electrons. The predicted octanol–water partition coefficient (Wildman–Crippen LogP) is -0.838. The van der Waals surface area contributed by atoms with Crippen molar-refractivity contribution in [3.05, 3.63) is 0 Å². The monoisotopic (exact) mass is 224 g/mol. The van der Waals surface area contributed by atoms with Crippen LogP contribution < -0.4 is 11.5 Å². The van der Waals surface area contributed by atoms with E-state index in [0.29, 0.717) is 0 Å². The Hall–Kier alpha value is 0.450. The van der Waals surface area contributed by atoms with E-state index in [1.807, 2.05) is 0 Å². The Balaban J connectivity index is -0.000000320. The van der Waals surface area contributed by atoms with Gasteiger partial charge in [0.25, 0.3) is 0 Å². The van der Waals surface area contributed by atoms with Crippen molar-refractivity contribution in [3.63, 3.8) is 0 Å². The molecule has 4 N–H and O–H groups in total. The van der Waals surface area contributed by atoms with Crippen LogP contribution >= 0.6 is 24.8 Å². The van der Waals surface area contributed by atoms with E-state index in [2.05, 4.69) is 0 Å². The van der Waals surface area contributed by atoms with Gasteiger partial charge in [-0.2, -0.15) is 0 Å². The van der Waals surface area contributed by atoms with Crippen LogP contribution in [-0.2, 0) is 9.84 Å². The van der Waals surface area contributed by atoms with Gasteiger partial charge in [0.2, 0.25) is 0 Å². The molecule has 4 nitrogen and oxygen atoms in total. The molecule has 0 spiro atoms. The van der Waals surface area contributed by atoms with E-state index in [4.69, 9.17) is 11.5 Å². The molecule has 0 amide bonds. The summed E-state index contributed by atoms with van der Waals surface area (Å²) in [5, 5.41) is 0. The van der Waals surface area contributed by atoms with Crippen molar-refractivity contribution < 1.29 is 8.42 Å². The Morgan fingerprint density at radius 2 is 1.18 bits per heavy atom. The zero-order chi connectivity index (χ0) is 7.33. The van der Waals surface area contributed by atoms with E-state index in [9.17, 15) is 8.42 Å². The quantitative estimate of drug-likeness (QED) is 0.653. The molecule has 0 saturated carbocycles. The number of sulfone groups is 1. The fourth-order valence-electron chi connectivity index (χ4n) is 0.461. The zero-order valence-corrected chi connectivity index (χ0v) is 8.47. The minimum atomic E-state index is -2.93. The average Bonchev–Trinajstić information content (AvgIpc) is 1.64. The SMILES string of the molecule is Cl.Cl.NCCS(=O)(=O)CCN. The Bertz CT molecular complexity index is 147. The van der Waals surface area contributed by atoms with Crippen molar-refractivity contribution in [3.8, 4) is 0 Å². The summed E-state index contributed by atoms with van der Waals surface area (Å²) < 4.78 is 21.3. The summed E-state index contributed by atoms with van der Waals surface area (Å²) in [7, 11) is -2.93. The minimum Gasteiger partial charge on any atom is -0.329 e. The van der Waals surface area contributed by atoms with Gasteiger partial charge in [-0.25, -0.2) is 8.42 Å². The largest absolute Gasteiger partial charge is 0.329 e. The molecule has 0 saturated heterocycles. The molecule has 11 heavy (non-hydrogen) atoms. The van der Waals surface area contributed by atoms with Crippen molar-refractivity contribution in [2.45, 2.75) is 0 Å². The van der Waals surface area contributed by atoms with E-state index < -0.39 is 9.84 Å². The highest BCUT2D eigenvalue weighted by atomic mass is 35.5. The van der Waals surface area contributed by atoms with Gasteiger partial charge < -0.3 is 11.5 Å². The molecule has 0 aromatic rings. The lowest BCUT2D eigenvalue weighted by atomic mass is 10.8. The number of hydrogen-bond acceptors (Lipinski definition) is 4. The third-order valence-corrected chi connectivity index (χ3v) is 2.57. The van der Waals surface area contributed by atoms with Crippen LogP contribution in [0.3, 0.4) is 0 Å². The summed E-state index contributed by atoms with van der Waals surface area (Å²) in [5.41, 5.74) is 10.0. The fourth-order valence-corrected chi connectivity index (χ4v) is 1.38. The molecule has 0 aromatic heterocycles. The Morgan fingerprint density at radius 3 is 1.36 bits per heavy atom. The van der Waals surface area contributed by atoms with Gasteiger partial charge in [-0.3, -0.25) is 0 Å². The second-order valence-electron chi connectivity index (χ2n) is 1.73. The minimum absolute atomic E-state index is 0. The predicted molar refractivity (Wildman–Crippen MR) is 51.3 cm³/mol. The molecule has 0 fully saturated rings. The summed E-state index contributed by atoms with van der Waals surface area (Å²) >= 11 is 0. The first-order valence-electron chi connectivity index (χ1n) is 2.73. The van der Waals surface area contributed by atoms with Gasteiger partial charge in [0.05, 0.1) is 11.5 Å². The van der Waals surface area contributed by atoms with Crippen molar-refractivity contribution in [1.82, 2.24) is 0 Å². The van der Waals surface area contributed by atoms with E-state index in [1.54, 1.807) is 0 Å². The maximum absolute atomic E-state index is 10.7. The summed E-state index contributed by atoms with van der Waals surface area (Å²) in [6, 6.07) is 0. The van der Waals surface area contributed by atoms with Gasteiger partial charge in [0.1, 0.15) is 0 Å². The topological polar surface area (TPSA) is 86.2 Å². The maximum atomic E-state index is 10.7. The van der Waals surface area contributed by atoms with Crippen LogP contribution in [0, 0.1) is 0 Å². The van der Waals surface area contributed by atoms with Gasteiger partial charge in [-0.1, -0.05) is 0 Å². The van der Waals surface area contributed by atoms with Gasteiger partial charge in [0.15, 0.2) is 9.84 Å². The maximum Gasteiger partial charge on any atom is 0.152 e. The molecule has 7 heteroatoms. The van der Waals surface area contributed by atoms with Crippen LogP contribution in [0.2, 0.25) is 0 Å². The number of rotatable bonds is 4. The van der Waals surface area contributed by atoms with Gasteiger partial charge in [-0.05, 0) is 0 Å². The first-order chi connectivity index (χ1) is 4.12. The molecule has 0 aliphatic heterocycles. The molecule has 0 heterocycles. The molecule has 0 aromatic carbocycles. The van der Waals surface area contributed by atoms with Gasteiger partial charge >= 0.3 is 0 Å². The van der Waals surface area contributed by atoms with Gasteiger partial charge in [-0.15, -0.1) is 24.8 Å². The fraction of sp³-hybridized carbons (Fsp3) is 1.00. The molecule has 0 aliphatic carbocycles. The highest BCUT2D eigenvalue weighted by Crippen LogP contribution is 1.84. The zero-order valence-electron chi connectivity index (χ0n) is 6.02. The summed E-state index contributed by atoms with van der Waals surface area (Å²) in [4.78, 5) is 0. The first-order valence-corrected chi connectivity index (χ1v) is 4.55. The molecule has 0 aliphatic rings. The highest BCUT2D eigenvalue weighted by Gasteiger charge is 2.05. The van der Waals surface area contributed by atoms with Crippen LogP contribution in [0.4, 0.5) is 0 Å². The first kappa shape index (κ1) is 17.5. The second-order valence-corrected chi connectivity index (χ2v) is 4.03. The third-order valence-electron chi connectivity index (χ3n) is 0.858. The van der Waals surface area contributed by atoms with Crippen LogP contribution in [-0.4, -0.2) is 33.0 Å². The molecule has 0 unspecified atom stereocenters. The van der Waals surface area contributed by atoms with E-state index in [1.165, 1.54) is 0 Å². The van der Waals surface area contributed by atoms with Crippen LogP contribution in [0.25, 0.3) is 0 Å². The number of halogens is 2. The second kappa shape index (κ2) is 8.55. The van der Waals surface area contributed by atoms with Crippen molar-refractivity contribution in [2.24, 2.45) is 11.5 Å². The van der Waals surface area contributed by atoms with Gasteiger partial charge in [0, 0.05) is 13.1 Å². The lowest BCUT2D eigenvalue weighted by Crippen LogP contribution is -2.22. The van der Waals surface area contributed by atoms with Crippen molar-refractivity contribution in [1.29, 1.82) is 0 Å². The van der Waals surface area contributed by atoms with Crippen LogP contribution in [0.15, 0.2) is 0 Å². The summed E-state index contributed by atoms with van der Waals surface area (Å²) in [6.45, 7) is 0.366. The lowest BCUT2D eigenvalue weighted by Gasteiger charge is -1.97. The summed E-state index contributed by atoms with van der Waals surface area (Å²) in [5.74, 6) is 0.0917. The molecular formula is C4H14Cl2N2O2S. The molecule has 0 bridgehead atoms.